The van der Waals surface area contributed by atoms with E-state index in [0.29, 0.717) is 12.5 Å². The first kappa shape index (κ1) is 13.8. The molecule has 1 aliphatic carbocycles. The summed E-state index contributed by atoms with van der Waals surface area (Å²) in [5.41, 5.74) is 6.52. The van der Waals surface area contributed by atoms with Crippen LogP contribution >= 0.6 is 15.9 Å². The van der Waals surface area contributed by atoms with Crippen LogP contribution in [-0.4, -0.2) is 11.6 Å². The van der Waals surface area contributed by atoms with E-state index in [-0.39, 0.29) is 0 Å². The summed E-state index contributed by atoms with van der Waals surface area (Å²) in [5.74, 6) is 1.52. The van der Waals surface area contributed by atoms with Crippen molar-refractivity contribution >= 4 is 15.9 Å². The van der Waals surface area contributed by atoms with E-state index in [9.17, 15) is 0 Å². The molecule has 1 fully saturated rings. The zero-order chi connectivity index (χ0) is 12.8. The molecule has 1 aliphatic rings. The predicted molar refractivity (Wildman–Crippen MR) is 76.5 cm³/mol. The minimum atomic E-state index is 0.424. The molecule has 0 aromatic carbocycles. The summed E-state index contributed by atoms with van der Waals surface area (Å²) in [4.78, 5) is 4.28. The van der Waals surface area contributed by atoms with Gasteiger partial charge in [-0.25, -0.2) is 0 Å². The molecule has 100 valence electrons. The highest BCUT2D eigenvalue weighted by Gasteiger charge is 2.14. The Kier molecular flexibility index (Phi) is 5.45. The molecule has 0 amide bonds. The van der Waals surface area contributed by atoms with Gasteiger partial charge in [0.05, 0.1) is 12.3 Å². The summed E-state index contributed by atoms with van der Waals surface area (Å²) in [7, 11) is 0. The number of pyridine rings is 1. The lowest BCUT2D eigenvalue weighted by atomic mass is 10.0. The third kappa shape index (κ3) is 3.95. The monoisotopic (exact) mass is 312 g/mol. The number of aromatic nitrogens is 1. The van der Waals surface area contributed by atoms with E-state index in [1.165, 1.54) is 38.5 Å². The lowest BCUT2D eigenvalue weighted by Crippen LogP contribution is -2.13. The second-order valence-electron chi connectivity index (χ2n) is 4.97. The molecule has 1 heterocycles. The van der Waals surface area contributed by atoms with E-state index in [0.717, 1.165) is 22.5 Å². The number of nitrogens with two attached hydrogens (primary N) is 1. The molecule has 0 saturated heterocycles. The number of hydrogen-bond donors (Lipinski definition) is 1. The molecular formula is C14H21BrN2O. The largest absolute Gasteiger partial charge is 0.491 e. The fraction of sp³-hybridized carbons (Fsp3) is 0.643. The fourth-order valence-corrected chi connectivity index (χ4v) is 2.78. The van der Waals surface area contributed by atoms with Gasteiger partial charge in [-0.15, -0.1) is 0 Å². The summed E-state index contributed by atoms with van der Waals surface area (Å²) >= 11 is 3.42. The van der Waals surface area contributed by atoms with Crippen LogP contribution in [0.15, 0.2) is 16.7 Å². The highest BCUT2D eigenvalue weighted by Crippen LogP contribution is 2.26. The van der Waals surface area contributed by atoms with Gasteiger partial charge in [-0.1, -0.05) is 25.7 Å². The van der Waals surface area contributed by atoms with Crippen LogP contribution in [-0.2, 0) is 6.54 Å². The summed E-state index contributed by atoms with van der Waals surface area (Å²) < 4.78 is 6.87. The van der Waals surface area contributed by atoms with Crippen LogP contribution in [0.5, 0.6) is 5.75 Å². The highest BCUT2D eigenvalue weighted by molar-refractivity contribution is 9.10. The third-order valence-electron chi connectivity index (χ3n) is 3.54. The first-order chi connectivity index (χ1) is 8.79. The van der Waals surface area contributed by atoms with Gasteiger partial charge in [-0.3, -0.25) is 4.98 Å². The quantitative estimate of drug-likeness (QED) is 0.863. The first-order valence-corrected chi connectivity index (χ1v) is 7.56. The summed E-state index contributed by atoms with van der Waals surface area (Å²) in [6.45, 7) is 1.22. The number of hydrogen-bond acceptors (Lipinski definition) is 3. The molecule has 1 aromatic rings. The molecule has 0 bridgehead atoms. The maximum absolute atomic E-state index is 5.93. The first-order valence-electron chi connectivity index (χ1n) is 6.77. The average Bonchev–Trinajstić information content (AvgIpc) is 2.65. The molecule has 0 atom stereocenters. The number of ether oxygens (including phenoxy) is 1. The van der Waals surface area contributed by atoms with Crippen molar-refractivity contribution < 1.29 is 4.74 Å². The Morgan fingerprint density at radius 3 is 2.67 bits per heavy atom. The Bertz CT molecular complexity index is 376. The van der Waals surface area contributed by atoms with E-state index in [4.69, 9.17) is 10.5 Å². The van der Waals surface area contributed by atoms with Gasteiger partial charge in [0, 0.05) is 17.2 Å². The van der Waals surface area contributed by atoms with E-state index in [1.807, 2.05) is 6.07 Å². The molecule has 0 spiro atoms. The van der Waals surface area contributed by atoms with Crippen molar-refractivity contribution in [2.45, 2.75) is 45.1 Å². The van der Waals surface area contributed by atoms with Gasteiger partial charge >= 0.3 is 0 Å². The van der Waals surface area contributed by atoms with Crippen LogP contribution in [0.1, 0.15) is 44.2 Å². The van der Waals surface area contributed by atoms with Crippen LogP contribution in [0, 0.1) is 5.92 Å². The van der Waals surface area contributed by atoms with Gasteiger partial charge in [-0.05, 0) is 40.8 Å². The van der Waals surface area contributed by atoms with Crippen LogP contribution < -0.4 is 10.5 Å². The number of halogens is 1. The molecule has 1 saturated carbocycles. The topological polar surface area (TPSA) is 48.1 Å². The molecular weight excluding hydrogens is 292 g/mol. The second-order valence-corrected chi connectivity index (χ2v) is 5.89. The SMILES string of the molecule is NCc1ncc(Br)cc1OCC1CCCCCC1. The van der Waals surface area contributed by atoms with Gasteiger partial charge in [0.15, 0.2) is 0 Å². The number of rotatable bonds is 4. The lowest BCUT2D eigenvalue weighted by molar-refractivity contribution is 0.231. The highest BCUT2D eigenvalue weighted by atomic mass is 79.9. The molecule has 0 radical (unpaired) electrons. The normalized spacial score (nSPS) is 17.4. The van der Waals surface area contributed by atoms with Crippen LogP contribution in [0.3, 0.4) is 0 Å². The minimum Gasteiger partial charge on any atom is -0.491 e. The molecule has 4 heteroatoms. The molecule has 18 heavy (non-hydrogen) atoms. The Balaban J connectivity index is 1.94. The zero-order valence-corrected chi connectivity index (χ0v) is 12.3. The Morgan fingerprint density at radius 1 is 1.28 bits per heavy atom. The van der Waals surface area contributed by atoms with Crippen LogP contribution in [0.4, 0.5) is 0 Å². The van der Waals surface area contributed by atoms with E-state index >= 15 is 0 Å². The van der Waals surface area contributed by atoms with Crippen molar-refractivity contribution in [2.24, 2.45) is 11.7 Å². The Hall–Kier alpha value is -0.610. The molecule has 3 nitrogen and oxygen atoms in total. The van der Waals surface area contributed by atoms with Crippen LogP contribution in [0.25, 0.3) is 0 Å². The summed E-state index contributed by atoms with van der Waals surface area (Å²) in [5, 5.41) is 0. The third-order valence-corrected chi connectivity index (χ3v) is 3.97. The van der Waals surface area contributed by atoms with Gasteiger partial charge < -0.3 is 10.5 Å². The molecule has 2 N–H and O–H groups in total. The Morgan fingerprint density at radius 2 is 2.00 bits per heavy atom. The predicted octanol–water partition coefficient (Wildman–Crippen LogP) is 3.65. The van der Waals surface area contributed by atoms with Gasteiger partial charge in [0.25, 0.3) is 0 Å². The maximum Gasteiger partial charge on any atom is 0.143 e. The molecule has 2 rings (SSSR count). The standard InChI is InChI=1S/C14H21BrN2O/c15-12-7-14(13(8-16)17-9-12)18-10-11-5-3-1-2-4-6-11/h7,9,11H,1-6,8,10,16H2. The van der Waals surface area contributed by atoms with Crippen molar-refractivity contribution in [1.29, 1.82) is 0 Å². The van der Waals surface area contributed by atoms with Crippen molar-refractivity contribution in [3.63, 3.8) is 0 Å². The van der Waals surface area contributed by atoms with Crippen LogP contribution in [0.2, 0.25) is 0 Å². The van der Waals surface area contributed by atoms with Gasteiger partial charge in [0.1, 0.15) is 5.75 Å². The average molecular weight is 313 g/mol. The van der Waals surface area contributed by atoms with Gasteiger partial charge in [-0.2, -0.15) is 0 Å². The summed E-state index contributed by atoms with van der Waals surface area (Å²) in [6, 6.07) is 1.96. The second kappa shape index (κ2) is 7.10. The maximum atomic E-state index is 5.93. The van der Waals surface area contributed by atoms with Crippen molar-refractivity contribution in [2.75, 3.05) is 6.61 Å². The van der Waals surface area contributed by atoms with Crippen molar-refractivity contribution in [1.82, 2.24) is 4.98 Å². The van der Waals surface area contributed by atoms with E-state index < -0.39 is 0 Å². The Labute approximate surface area is 117 Å². The van der Waals surface area contributed by atoms with Crippen molar-refractivity contribution in [3.05, 3.63) is 22.4 Å². The smallest absolute Gasteiger partial charge is 0.143 e. The fourth-order valence-electron chi connectivity index (χ4n) is 2.47. The van der Waals surface area contributed by atoms with Gasteiger partial charge in [0.2, 0.25) is 0 Å². The van der Waals surface area contributed by atoms with E-state index in [1.54, 1.807) is 6.20 Å². The van der Waals surface area contributed by atoms with E-state index in [2.05, 4.69) is 20.9 Å². The lowest BCUT2D eigenvalue weighted by Gasteiger charge is -2.16. The zero-order valence-electron chi connectivity index (χ0n) is 10.7. The number of nitrogens with zero attached hydrogens (tertiary/aromatic N) is 1. The molecule has 0 unspecified atom stereocenters. The molecule has 1 aromatic heterocycles. The summed E-state index contributed by atoms with van der Waals surface area (Å²) in [6.07, 6.45) is 9.79. The van der Waals surface area contributed by atoms with Crippen molar-refractivity contribution in [3.8, 4) is 5.75 Å². The molecule has 0 aliphatic heterocycles. The minimum absolute atomic E-state index is 0.424.